The highest BCUT2D eigenvalue weighted by molar-refractivity contribution is 7.89. The average molecular weight is 268 g/mol. The molecule has 1 aromatic rings. The summed E-state index contributed by atoms with van der Waals surface area (Å²) in [6.45, 7) is 3.05. The van der Waals surface area contributed by atoms with Gasteiger partial charge < -0.3 is 5.73 Å². The number of nitrogens with two attached hydrogens (primary N) is 1. The molecule has 0 radical (unpaired) electrons. The molecule has 4 nitrogen and oxygen atoms in total. The normalized spacial score (nSPS) is 17.7. The molecule has 0 amide bonds. The summed E-state index contributed by atoms with van der Waals surface area (Å²) >= 11 is 0. The zero-order chi connectivity index (χ0) is 13.2. The summed E-state index contributed by atoms with van der Waals surface area (Å²) in [6, 6.07) is 6.89. The molecule has 0 bridgehead atoms. The van der Waals surface area contributed by atoms with Gasteiger partial charge in [0.2, 0.25) is 10.0 Å². The van der Waals surface area contributed by atoms with E-state index < -0.39 is 10.0 Å². The summed E-state index contributed by atoms with van der Waals surface area (Å²) in [6.07, 6.45) is 3.03. The van der Waals surface area contributed by atoms with Gasteiger partial charge in [-0.2, -0.15) is 0 Å². The van der Waals surface area contributed by atoms with Crippen molar-refractivity contribution in [2.24, 2.45) is 11.1 Å². The highest BCUT2D eigenvalue weighted by Crippen LogP contribution is 2.47. The third kappa shape index (κ3) is 3.10. The van der Waals surface area contributed by atoms with Crippen molar-refractivity contribution in [1.29, 1.82) is 0 Å². The van der Waals surface area contributed by atoms with Gasteiger partial charge >= 0.3 is 0 Å². The van der Waals surface area contributed by atoms with Crippen LogP contribution in [0, 0.1) is 12.3 Å². The lowest BCUT2D eigenvalue weighted by Crippen LogP contribution is -2.31. The second-order valence-electron chi connectivity index (χ2n) is 5.18. The predicted octanol–water partition coefficient (Wildman–Crippen LogP) is 1.40. The van der Waals surface area contributed by atoms with E-state index in [1.807, 2.05) is 6.92 Å². The standard InChI is InChI=1S/C13H20N2O2S/c1-11-2-4-12(5-3-11)18(16,17)15-10-13(6-7-13)8-9-14/h2-5,15H,6-10,14H2,1H3. The molecule has 0 aromatic heterocycles. The fraction of sp³-hybridized carbons (Fsp3) is 0.538. The lowest BCUT2D eigenvalue weighted by Gasteiger charge is -2.15. The fourth-order valence-corrected chi connectivity index (χ4v) is 3.20. The first-order valence-corrected chi connectivity index (χ1v) is 7.72. The largest absolute Gasteiger partial charge is 0.330 e. The molecule has 100 valence electrons. The van der Waals surface area contributed by atoms with Crippen LogP contribution in [0.2, 0.25) is 0 Å². The van der Waals surface area contributed by atoms with Crippen molar-refractivity contribution in [1.82, 2.24) is 4.72 Å². The summed E-state index contributed by atoms with van der Waals surface area (Å²) in [5, 5.41) is 0. The molecule has 0 unspecified atom stereocenters. The molecule has 1 aliphatic rings. The van der Waals surface area contributed by atoms with Crippen LogP contribution in [0.25, 0.3) is 0 Å². The van der Waals surface area contributed by atoms with E-state index >= 15 is 0 Å². The molecule has 1 aromatic carbocycles. The Morgan fingerprint density at radius 3 is 2.39 bits per heavy atom. The minimum Gasteiger partial charge on any atom is -0.330 e. The molecular formula is C13H20N2O2S. The smallest absolute Gasteiger partial charge is 0.240 e. The van der Waals surface area contributed by atoms with Crippen LogP contribution in [0.5, 0.6) is 0 Å². The number of nitrogens with one attached hydrogen (secondary N) is 1. The Balaban J connectivity index is 2.02. The third-order valence-corrected chi connectivity index (χ3v) is 5.02. The van der Waals surface area contributed by atoms with Crippen molar-refractivity contribution in [3.63, 3.8) is 0 Å². The van der Waals surface area contributed by atoms with Gasteiger partial charge in [-0.25, -0.2) is 13.1 Å². The maximum absolute atomic E-state index is 12.1. The first-order valence-electron chi connectivity index (χ1n) is 6.24. The summed E-state index contributed by atoms with van der Waals surface area (Å²) in [5.74, 6) is 0. The van der Waals surface area contributed by atoms with Crippen molar-refractivity contribution in [2.45, 2.75) is 31.1 Å². The van der Waals surface area contributed by atoms with Gasteiger partial charge in [-0.1, -0.05) is 17.7 Å². The highest BCUT2D eigenvalue weighted by Gasteiger charge is 2.42. The van der Waals surface area contributed by atoms with Crippen LogP contribution < -0.4 is 10.5 Å². The van der Waals surface area contributed by atoms with Crippen LogP contribution in [-0.2, 0) is 10.0 Å². The lowest BCUT2D eigenvalue weighted by molar-refractivity contribution is 0.461. The molecule has 5 heteroatoms. The van der Waals surface area contributed by atoms with E-state index in [0.29, 0.717) is 18.0 Å². The van der Waals surface area contributed by atoms with Gasteiger partial charge in [-0.15, -0.1) is 0 Å². The van der Waals surface area contributed by atoms with Crippen molar-refractivity contribution >= 4 is 10.0 Å². The molecule has 1 saturated carbocycles. The first-order chi connectivity index (χ1) is 8.47. The van der Waals surface area contributed by atoms with Crippen LogP contribution in [-0.4, -0.2) is 21.5 Å². The SMILES string of the molecule is Cc1ccc(S(=O)(=O)NCC2(CCN)CC2)cc1. The summed E-state index contributed by atoms with van der Waals surface area (Å²) in [7, 11) is -3.38. The number of sulfonamides is 1. The second-order valence-corrected chi connectivity index (χ2v) is 6.94. The Kier molecular flexibility index (Phi) is 3.75. The van der Waals surface area contributed by atoms with Gasteiger partial charge in [-0.05, 0) is 50.3 Å². The minimum atomic E-state index is -3.38. The molecule has 2 rings (SSSR count). The summed E-state index contributed by atoms with van der Waals surface area (Å²) in [5.41, 5.74) is 6.71. The van der Waals surface area contributed by atoms with Gasteiger partial charge in [0.05, 0.1) is 4.90 Å². The van der Waals surface area contributed by atoms with Crippen molar-refractivity contribution in [3.05, 3.63) is 29.8 Å². The van der Waals surface area contributed by atoms with Gasteiger partial charge in [0, 0.05) is 6.54 Å². The van der Waals surface area contributed by atoms with Gasteiger partial charge in [0.25, 0.3) is 0 Å². The molecule has 0 heterocycles. The summed E-state index contributed by atoms with van der Waals surface area (Å²) < 4.78 is 26.9. The number of hydrogen-bond acceptors (Lipinski definition) is 3. The van der Waals surface area contributed by atoms with E-state index in [1.165, 1.54) is 0 Å². The van der Waals surface area contributed by atoms with E-state index in [-0.39, 0.29) is 5.41 Å². The van der Waals surface area contributed by atoms with Crippen molar-refractivity contribution < 1.29 is 8.42 Å². The minimum absolute atomic E-state index is 0.118. The molecular weight excluding hydrogens is 248 g/mol. The van der Waals surface area contributed by atoms with Crippen molar-refractivity contribution in [2.75, 3.05) is 13.1 Å². The first kappa shape index (κ1) is 13.5. The maximum atomic E-state index is 12.1. The van der Waals surface area contributed by atoms with Crippen LogP contribution in [0.15, 0.2) is 29.2 Å². The van der Waals surface area contributed by atoms with Gasteiger partial charge in [-0.3, -0.25) is 0 Å². The Hall–Kier alpha value is -0.910. The number of aryl methyl sites for hydroxylation is 1. The Bertz CT molecular complexity index is 504. The van der Waals surface area contributed by atoms with Crippen molar-refractivity contribution in [3.8, 4) is 0 Å². The fourth-order valence-electron chi connectivity index (χ4n) is 2.05. The Morgan fingerprint density at radius 2 is 1.89 bits per heavy atom. The molecule has 0 spiro atoms. The highest BCUT2D eigenvalue weighted by atomic mass is 32.2. The number of rotatable bonds is 6. The molecule has 0 atom stereocenters. The summed E-state index contributed by atoms with van der Waals surface area (Å²) in [4.78, 5) is 0.330. The monoisotopic (exact) mass is 268 g/mol. The van der Waals surface area contributed by atoms with Crippen LogP contribution in [0.3, 0.4) is 0 Å². The molecule has 18 heavy (non-hydrogen) atoms. The average Bonchev–Trinajstić information content (AvgIpc) is 3.08. The zero-order valence-electron chi connectivity index (χ0n) is 10.6. The Morgan fingerprint density at radius 1 is 1.28 bits per heavy atom. The molecule has 1 aliphatic carbocycles. The van der Waals surface area contributed by atoms with E-state index in [9.17, 15) is 8.42 Å². The maximum Gasteiger partial charge on any atom is 0.240 e. The number of hydrogen-bond donors (Lipinski definition) is 2. The van der Waals surface area contributed by atoms with E-state index in [4.69, 9.17) is 5.73 Å². The molecule has 0 aliphatic heterocycles. The van der Waals surface area contributed by atoms with Gasteiger partial charge in [0.15, 0.2) is 0 Å². The second kappa shape index (κ2) is 4.99. The topological polar surface area (TPSA) is 72.2 Å². The molecule has 0 saturated heterocycles. The predicted molar refractivity (Wildman–Crippen MR) is 71.7 cm³/mol. The zero-order valence-corrected chi connectivity index (χ0v) is 11.5. The van der Waals surface area contributed by atoms with E-state index in [2.05, 4.69) is 4.72 Å². The van der Waals surface area contributed by atoms with Gasteiger partial charge in [0.1, 0.15) is 0 Å². The van der Waals surface area contributed by atoms with E-state index in [0.717, 1.165) is 24.8 Å². The number of benzene rings is 1. The quantitative estimate of drug-likeness (QED) is 0.819. The molecule has 3 N–H and O–H groups in total. The third-order valence-electron chi connectivity index (χ3n) is 3.60. The molecule has 1 fully saturated rings. The lowest BCUT2D eigenvalue weighted by atomic mass is 10.0. The van der Waals surface area contributed by atoms with E-state index in [1.54, 1.807) is 24.3 Å². The van der Waals surface area contributed by atoms with Crippen LogP contribution in [0.4, 0.5) is 0 Å². The van der Waals surface area contributed by atoms with Crippen LogP contribution in [0.1, 0.15) is 24.8 Å². The van der Waals surface area contributed by atoms with Crippen LogP contribution >= 0.6 is 0 Å². The Labute approximate surface area is 109 Å².